The molecule has 0 fully saturated rings. The van der Waals surface area contributed by atoms with Crippen LogP contribution >= 0.6 is 0 Å². The van der Waals surface area contributed by atoms with Gasteiger partial charge in [-0.3, -0.25) is 0 Å². The van der Waals surface area contributed by atoms with Gasteiger partial charge in [-0.25, -0.2) is 4.57 Å². The van der Waals surface area contributed by atoms with Crippen molar-refractivity contribution in [3.8, 4) is 0 Å². The molecule has 2 aromatic carbocycles. The van der Waals surface area contributed by atoms with Gasteiger partial charge in [0, 0.05) is 16.8 Å². The van der Waals surface area contributed by atoms with Crippen molar-refractivity contribution in [1.29, 1.82) is 0 Å². The van der Waals surface area contributed by atoms with Gasteiger partial charge in [0.25, 0.3) is 0 Å². The zero-order valence-corrected chi connectivity index (χ0v) is 10.7. The Bertz CT molecular complexity index is 689. The maximum Gasteiger partial charge on any atom is 0.212 e. The second-order valence-electron chi connectivity index (χ2n) is 4.35. The van der Waals surface area contributed by atoms with Crippen molar-refractivity contribution in [2.45, 2.75) is 6.92 Å². The van der Waals surface area contributed by atoms with E-state index < -0.39 is 0 Å². The first kappa shape index (κ1) is 11.9. The molecule has 17 heavy (non-hydrogen) atoms. The number of fused-ring (bicyclic) bond motifs is 3. The lowest BCUT2D eigenvalue weighted by atomic mass is 10.0. The number of rotatable bonds is 0. The Labute approximate surface area is 107 Å². The fourth-order valence-electron chi connectivity index (χ4n) is 2.31. The van der Waals surface area contributed by atoms with E-state index >= 15 is 0 Å². The summed E-state index contributed by atoms with van der Waals surface area (Å²) >= 11 is 0. The van der Waals surface area contributed by atoms with E-state index in [-0.39, 0.29) is 12.4 Å². The summed E-state index contributed by atoms with van der Waals surface area (Å²) in [5.41, 5.74) is 2.59. The van der Waals surface area contributed by atoms with Crippen molar-refractivity contribution in [3.63, 3.8) is 0 Å². The highest BCUT2D eigenvalue weighted by Gasteiger charge is 2.09. The molecule has 2 heteroatoms. The van der Waals surface area contributed by atoms with Crippen LogP contribution in [0.15, 0.2) is 48.7 Å². The highest BCUT2D eigenvalue weighted by Crippen LogP contribution is 2.22. The zero-order chi connectivity index (χ0) is 11.1. The van der Waals surface area contributed by atoms with Crippen molar-refractivity contribution in [2.24, 2.45) is 7.05 Å². The molecule has 0 aliphatic rings. The molecule has 86 valence electrons. The summed E-state index contributed by atoms with van der Waals surface area (Å²) in [6.45, 7) is 2.14. The molecule has 0 radical (unpaired) electrons. The topological polar surface area (TPSA) is 3.88 Å². The summed E-state index contributed by atoms with van der Waals surface area (Å²) in [6.07, 6.45) is 2.19. The van der Waals surface area contributed by atoms with Crippen molar-refractivity contribution in [1.82, 2.24) is 0 Å². The van der Waals surface area contributed by atoms with E-state index in [1.54, 1.807) is 0 Å². The summed E-state index contributed by atoms with van der Waals surface area (Å²) < 4.78 is 2.19. The SMILES string of the molecule is Cc1ccc2c(c1)c1ccccc1c[n+]2C.[Cl-]. The predicted molar refractivity (Wildman–Crippen MR) is 67.4 cm³/mol. The minimum absolute atomic E-state index is 0. The first-order chi connectivity index (χ1) is 7.75. The Kier molecular flexibility index (Phi) is 3.03. The molecule has 0 aliphatic carbocycles. The van der Waals surface area contributed by atoms with E-state index in [2.05, 4.69) is 67.2 Å². The number of aryl methyl sites for hydroxylation is 2. The Morgan fingerprint density at radius 2 is 1.71 bits per heavy atom. The molecule has 0 atom stereocenters. The minimum Gasteiger partial charge on any atom is -1.00 e. The number of pyridine rings is 1. The quantitative estimate of drug-likeness (QED) is 0.390. The Morgan fingerprint density at radius 3 is 2.53 bits per heavy atom. The van der Waals surface area contributed by atoms with Crippen molar-refractivity contribution in [3.05, 3.63) is 54.2 Å². The highest BCUT2D eigenvalue weighted by molar-refractivity contribution is 6.03. The Morgan fingerprint density at radius 1 is 0.941 bits per heavy atom. The van der Waals surface area contributed by atoms with Gasteiger partial charge in [-0.05, 0) is 19.1 Å². The van der Waals surface area contributed by atoms with E-state index in [1.165, 1.54) is 27.2 Å². The van der Waals surface area contributed by atoms with E-state index in [9.17, 15) is 0 Å². The summed E-state index contributed by atoms with van der Waals surface area (Å²) in [4.78, 5) is 0. The van der Waals surface area contributed by atoms with E-state index in [0.29, 0.717) is 0 Å². The summed E-state index contributed by atoms with van der Waals surface area (Å²) in [5.74, 6) is 0. The largest absolute Gasteiger partial charge is 1.00 e. The fourth-order valence-corrected chi connectivity index (χ4v) is 2.31. The van der Waals surface area contributed by atoms with Gasteiger partial charge in [-0.15, -0.1) is 0 Å². The zero-order valence-electron chi connectivity index (χ0n) is 9.94. The minimum atomic E-state index is 0. The first-order valence-corrected chi connectivity index (χ1v) is 5.53. The lowest BCUT2D eigenvalue weighted by molar-refractivity contribution is -0.643. The van der Waals surface area contributed by atoms with Crippen molar-refractivity contribution >= 4 is 21.7 Å². The molecule has 0 bridgehead atoms. The van der Waals surface area contributed by atoms with Gasteiger partial charge in [0.2, 0.25) is 5.52 Å². The highest BCUT2D eigenvalue weighted by atomic mass is 35.5. The second kappa shape index (κ2) is 4.34. The molecule has 3 aromatic rings. The van der Waals surface area contributed by atoms with Crippen LogP contribution in [0.3, 0.4) is 0 Å². The van der Waals surface area contributed by atoms with Crippen LogP contribution in [0.2, 0.25) is 0 Å². The normalized spacial score (nSPS) is 10.5. The molecule has 1 heterocycles. The van der Waals surface area contributed by atoms with Crippen LogP contribution in [-0.4, -0.2) is 0 Å². The van der Waals surface area contributed by atoms with Crippen LogP contribution in [0.1, 0.15) is 5.56 Å². The van der Waals surface area contributed by atoms with Gasteiger partial charge in [0.1, 0.15) is 7.05 Å². The number of aromatic nitrogens is 1. The number of hydrogen-bond donors (Lipinski definition) is 0. The molecule has 1 aromatic heterocycles. The third-order valence-electron chi connectivity index (χ3n) is 3.12. The number of halogens is 1. The van der Waals surface area contributed by atoms with Gasteiger partial charge in [0.05, 0.1) is 5.39 Å². The predicted octanol–water partition coefficient (Wildman–Crippen LogP) is 0.130. The molecule has 3 rings (SSSR count). The number of nitrogens with zero attached hydrogens (tertiary/aromatic N) is 1. The third kappa shape index (κ3) is 1.87. The van der Waals surface area contributed by atoms with Gasteiger partial charge >= 0.3 is 0 Å². The molecule has 0 spiro atoms. The van der Waals surface area contributed by atoms with Crippen LogP contribution in [-0.2, 0) is 7.05 Å². The Hall–Kier alpha value is -1.60. The lowest BCUT2D eigenvalue weighted by Crippen LogP contribution is -3.00. The summed E-state index contributed by atoms with van der Waals surface area (Å²) in [5, 5.41) is 3.96. The van der Waals surface area contributed by atoms with E-state index in [1.807, 2.05) is 0 Å². The van der Waals surface area contributed by atoms with Gasteiger partial charge in [-0.1, -0.05) is 29.8 Å². The number of hydrogen-bond acceptors (Lipinski definition) is 0. The number of benzene rings is 2. The summed E-state index contributed by atoms with van der Waals surface area (Å²) in [7, 11) is 2.10. The Balaban J connectivity index is 0.00000108. The molecule has 1 nitrogen and oxygen atoms in total. The molecular weight excluding hydrogens is 230 g/mol. The fraction of sp³-hybridized carbons (Fsp3) is 0.133. The van der Waals surface area contributed by atoms with E-state index in [0.717, 1.165) is 0 Å². The average Bonchev–Trinajstić information content (AvgIpc) is 2.29. The van der Waals surface area contributed by atoms with Crippen molar-refractivity contribution in [2.75, 3.05) is 0 Å². The third-order valence-corrected chi connectivity index (χ3v) is 3.12. The first-order valence-electron chi connectivity index (χ1n) is 5.53. The van der Waals surface area contributed by atoms with Crippen molar-refractivity contribution < 1.29 is 17.0 Å². The van der Waals surface area contributed by atoms with Gasteiger partial charge < -0.3 is 12.4 Å². The molecule has 0 aliphatic heterocycles. The van der Waals surface area contributed by atoms with Gasteiger partial charge in [-0.2, -0.15) is 0 Å². The standard InChI is InChI=1S/C15H14N.ClH/c1-11-7-8-15-14(9-11)13-6-4-3-5-12(13)10-16(15)2;/h3-10H,1-2H3;1H/q+1;/p-1. The summed E-state index contributed by atoms with van der Waals surface area (Å²) in [6, 6.07) is 15.2. The molecule has 0 amide bonds. The molecule has 0 saturated heterocycles. The lowest BCUT2D eigenvalue weighted by Gasteiger charge is -2.03. The molecule has 0 unspecified atom stereocenters. The van der Waals surface area contributed by atoms with E-state index in [4.69, 9.17) is 0 Å². The molecule has 0 N–H and O–H groups in total. The average molecular weight is 244 g/mol. The van der Waals surface area contributed by atoms with Crippen LogP contribution in [0, 0.1) is 6.92 Å². The molecule has 0 saturated carbocycles. The maximum absolute atomic E-state index is 2.26. The van der Waals surface area contributed by atoms with Gasteiger partial charge in [0.15, 0.2) is 6.20 Å². The van der Waals surface area contributed by atoms with Crippen LogP contribution in [0.25, 0.3) is 21.7 Å². The maximum atomic E-state index is 2.26. The molecular formula is C15H14ClN. The smallest absolute Gasteiger partial charge is 0.212 e. The monoisotopic (exact) mass is 243 g/mol. The second-order valence-corrected chi connectivity index (χ2v) is 4.35. The van der Waals surface area contributed by atoms with Crippen LogP contribution in [0.4, 0.5) is 0 Å². The van der Waals surface area contributed by atoms with Crippen LogP contribution in [0.5, 0.6) is 0 Å². The van der Waals surface area contributed by atoms with Crippen LogP contribution < -0.4 is 17.0 Å².